The molecule has 0 bridgehead atoms. The third-order valence-electron chi connectivity index (χ3n) is 2.52. The highest BCUT2D eigenvalue weighted by Gasteiger charge is 2.05. The molecule has 84 valence electrons. The zero-order chi connectivity index (χ0) is 11.1. The number of aromatic nitrogens is 2. The van der Waals surface area contributed by atoms with Crippen LogP contribution in [0.25, 0.3) is 0 Å². The number of nitrogens with two attached hydrogens (primary N) is 1. The van der Waals surface area contributed by atoms with Gasteiger partial charge in [-0.1, -0.05) is 13.3 Å². The van der Waals surface area contributed by atoms with E-state index in [1.165, 1.54) is 0 Å². The van der Waals surface area contributed by atoms with Crippen molar-refractivity contribution in [1.82, 2.24) is 10.2 Å². The van der Waals surface area contributed by atoms with Gasteiger partial charge in [0, 0.05) is 6.54 Å². The van der Waals surface area contributed by atoms with Crippen LogP contribution >= 0.6 is 0 Å². The molecule has 0 fully saturated rings. The zero-order valence-corrected chi connectivity index (χ0v) is 9.53. The van der Waals surface area contributed by atoms with Crippen molar-refractivity contribution < 1.29 is 0 Å². The second-order valence-corrected chi connectivity index (χ2v) is 3.79. The minimum absolute atomic E-state index is 0.623. The second-order valence-electron chi connectivity index (χ2n) is 3.79. The highest BCUT2D eigenvalue weighted by atomic mass is 15.2. The summed E-state index contributed by atoms with van der Waals surface area (Å²) in [6.07, 6.45) is 2.20. The molecule has 1 unspecified atom stereocenters. The quantitative estimate of drug-likeness (QED) is 0.745. The maximum Gasteiger partial charge on any atom is 0.148 e. The Hall–Kier alpha value is -1.16. The number of nitrogens with zero attached hydrogens (tertiary/aromatic N) is 2. The van der Waals surface area contributed by atoms with Crippen molar-refractivity contribution in [3.05, 3.63) is 17.8 Å². The number of aryl methyl sites for hydroxylation is 1. The molecule has 1 rings (SSSR count). The third-order valence-corrected chi connectivity index (χ3v) is 2.52. The van der Waals surface area contributed by atoms with Gasteiger partial charge in [0.05, 0.1) is 5.69 Å². The lowest BCUT2D eigenvalue weighted by atomic mass is 10.0. The van der Waals surface area contributed by atoms with Gasteiger partial charge in [0.25, 0.3) is 0 Å². The SMILES string of the molecule is CCC(CCN)CNc1ccc(C)nn1. The van der Waals surface area contributed by atoms with Gasteiger partial charge in [-0.2, -0.15) is 5.10 Å². The van der Waals surface area contributed by atoms with E-state index in [-0.39, 0.29) is 0 Å². The summed E-state index contributed by atoms with van der Waals surface area (Å²) in [4.78, 5) is 0. The van der Waals surface area contributed by atoms with Gasteiger partial charge in [-0.3, -0.25) is 0 Å². The predicted octanol–water partition coefficient (Wildman–Crippen LogP) is 1.57. The molecule has 1 heterocycles. The summed E-state index contributed by atoms with van der Waals surface area (Å²) < 4.78 is 0. The minimum atomic E-state index is 0.623. The molecule has 4 nitrogen and oxygen atoms in total. The van der Waals surface area contributed by atoms with Crippen LogP contribution in [0.3, 0.4) is 0 Å². The van der Waals surface area contributed by atoms with Crippen LogP contribution in [0.2, 0.25) is 0 Å². The molecule has 0 aliphatic carbocycles. The van der Waals surface area contributed by atoms with Crippen molar-refractivity contribution in [3.8, 4) is 0 Å². The van der Waals surface area contributed by atoms with Gasteiger partial charge in [0.2, 0.25) is 0 Å². The van der Waals surface area contributed by atoms with Gasteiger partial charge in [-0.15, -0.1) is 5.10 Å². The molecular formula is C11H20N4. The van der Waals surface area contributed by atoms with Gasteiger partial charge in [0.15, 0.2) is 0 Å². The van der Waals surface area contributed by atoms with E-state index >= 15 is 0 Å². The molecule has 0 amide bonds. The van der Waals surface area contributed by atoms with Gasteiger partial charge in [-0.05, 0) is 37.9 Å². The molecule has 0 aromatic carbocycles. The van der Waals surface area contributed by atoms with Crippen molar-refractivity contribution in [3.63, 3.8) is 0 Å². The van der Waals surface area contributed by atoms with Crippen LogP contribution in [0.5, 0.6) is 0 Å². The van der Waals surface area contributed by atoms with E-state index in [4.69, 9.17) is 5.73 Å². The summed E-state index contributed by atoms with van der Waals surface area (Å²) in [7, 11) is 0. The van der Waals surface area contributed by atoms with Gasteiger partial charge in [-0.25, -0.2) is 0 Å². The molecule has 0 radical (unpaired) electrons. The Morgan fingerprint density at radius 3 is 2.73 bits per heavy atom. The number of rotatable bonds is 6. The minimum Gasteiger partial charge on any atom is -0.368 e. The van der Waals surface area contributed by atoms with Crippen LogP contribution in [0.15, 0.2) is 12.1 Å². The summed E-state index contributed by atoms with van der Waals surface area (Å²) in [5, 5.41) is 11.3. The van der Waals surface area contributed by atoms with Crippen LogP contribution in [0.1, 0.15) is 25.5 Å². The molecule has 0 saturated carbocycles. The number of hydrogen-bond acceptors (Lipinski definition) is 4. The average molecular weight is 208 g/mol. The molecule has 1 aromatic heterocycles. The number of anilines is 1. The fraction of sp³-hybridized carbons (Fsp3) is 0.636. The lowest BCUT2D eigenvalue weighted by Gasteiger charge is -2.14. The van der Waals surface area contributed by atoms with E-state index in [0.29, 0.717) is 5.92 Å². The smallest absolute Gasteiger partial charge is 0.148 e. The zero-order valence-electron chi connectivity index (χ0n) is 9.53. The topological polar surface area (TPSA) is 63.8 Å². The van der Waals surface area contributed by atoms with E-state index in [9.17, 15) is 0 Å². The molecule has 0 aliphatic rings. The molecule has 1 aromatic rings. The molecule has 15 heavy (non-hydrogen) atoms. The first-order chi connectivity index (χ1) is 7.26. The summed E-state index contributed by atoms with van der Waals surface area (Å²) in [5.74, 6) is 1.47. The van der Waals surface area contributed by atoms with E-state index in [1.807, 2.05) is 19.1 Å². The first-order valence-corrected chi connectivity index (χ1v) is 5.50. The van der Waals surface area contributed by atoms with Crippen LogP contribution in [0.4, 0.5) is 5.82 Å². The standard InChI is InChI=1S/C11H20N4/c1-3-10(6-7-12)8-13-11-5-4-9(2)14-15-11/h4-5,10H,3,6-8,12H2,1-2H3,(H,13,15). The highest BCUT2D eigenvalue weighted by Crippen LogP contribution is 2.09. The maximum absolute atomic E-state index is 5.54. The Bertz CT molecular complexity index is 270. The Morgan fingerprint density at radius 1 is 1.40 bits per heavy atom. The van der Waals surface area contributed by atoms with Gasteiger partial charge in [0.1, 0.15) is 5.82 Å². The van der Waals surface area contributed by atoms with E-state index < -0.39 is 0 Å². The van der Waals surface area contributed by atoms with Gasteiger partial charge < -0.3 is 11.1 Å². The van der Waals surface area contributed by atoms with Crippen LogP contribution in [-0.4, -0.2) is 23.3 Å². The monoisotopic (exact) mass is 208 g/mol. The summed E-state index contributed by atoms with van der Waals surface area (Å²) in [6.45, 7) is 5.79. The van der Waals surface area contributed by atoms with Crippen molar-refractivity contribution >= 4 is 5.82 Å². The molecule has 0 saturated heterocycles. The van der Waals surface area contributed by atoms with Crippen molar-refractivity contribution in [1.29, 1.82) is 0 Å². The van der Waals surface area contributed by atoms with Crippen molar-refractivity contribution in [2.45, 2.75) is 26.7 Å². The number of nitrogens with one attached hydrogen (secondary N) is 1. The van der Waals surface area contributed by atoms with Crippen molar-refractivity contribution in [2.24, 2.45) is 11.7 Å². The van der Waals surface area contributed by atoms with Crippen molar-refractivity contribution in [2.75, 3.05) is 18.4 Å². The summed E-state index contributed by atoms with van der Waals surface area (Å²) in [5.41, 5.74) is 6.48. The van der Waals surface area contributed by atoms with Crippen LogP contribution < -0.4 is 11.1 Å². The molecule has 1 atom stereocenters. The average Bonchev–Trinajstić information content (AvgIpc) is 2.26. The largest absolute Gasteiger partial charge is 0.368 e. The maximum atomic E-state index is 5.54. The normalized spacial score (nSPS) is 12.5. The molecule has 3 N–H and O–H groups in total. The lowest BCUT2D eigenvalue weighted by molar-refractivity contribution is 0.500. The van der Waals surface area contributed by atoms with E-state index in [1.54, 1.807) is 0 Å². The first-order valence-electron chi connectivity index (χ1n) is 5.50. The fourth-order valence-electron chi connectivity index (χ4n) is 1.43. The predicted molar refractivity (Wildman–Crippen MR) is 62.7 cm³/mol. The van der Waals surface area contributed by atoms with Crippen LogP contribution in [0, 0.1) is 12.8 Å². The van der Waals surface area contributed by atoms with E-state index in [0.717, 1.165) is 37.4 Å². The second kappa shape index (κ2) is 6.35. The summed E-state index contributed by atoms with van der Waals surface area (Å²) in [6, 6.07) is 3.91. The van der Waals surface area contributed by atoms with Crippen LogP contribution in [-0.2, 0) is 0 Å². The molecule has 0 aliphatic heterocycles. The Balaban J connectivity index is 2.38. The molecule has 0 spiro atoms. The number of hydrogen-bond donors (Lipinski definition) is 2. The third kappa shape index (κ3) is 4.25. The van der Waals surface area contributed by atoms with E-state index in [2.05, 4.69) is 22.4 Å². The molecular weight excluding hydrogens is 188 g/mol. The lowest BCUT2D eigenvalue weighted by Crippen LogP contribution is -2.18. The summed E-state index contributed by atoms with van der Waals surface area (Å²) >= 11 is 0. The fourth-order valence-corrected chi connectivity index (χ4v) is 1.43. The first kappa shape index (κ1) is 11.9. The van der Waals surface area contributed by atoms with Gasteiger partial charge >= 0.3 is 0 Å². The Labute approximate surface area is 91.3 Å². The Morgan fingerprint density at radius 2 is 2.20 bits per heavy atom. The Kier molecular flexibility index (Phi) is 5.04. The highest BCUT2D eigenvalue weighted by molar-refractivity contribution is 5.32. The molecule has 4 heteroatoms.